The van der Waals surface area contributed by atoms with Crippen LogP contribution in [0, 0.1) is 13.8 Å². The van der Waals surface area contributed by atoms with Crippen LogP contribution in [0.25, 0.3) is 0 Å². The van der Waals surface area contributed by atoms with Gasteiger partial charge in [-0.1, -0.05) is 71.9 Å². The summed E-state index contributed by atoms with van der Waals surface area (Å²) in [5, 5.41) is 0. The maximum absolute atomic E-state index is 5.27. The molecule has 0 N–H and O–H groups in total. The van der Waals surface area contributed by atoms with Gasteiger partial charge in [-0.05, 0) is 98.9 Å². The average molecular weight is 447 g/mol. The first-order valence-electron chi connectivity index (χ1n) is 13.4. The molecule has 2 aromatic rings. The van der Waals surface area contributed by atoms with Crippen molar-refractivity contribution in [3.63, 3.8) is 0 Å². The molecule has 0 amide bonds. The van der Waals surface area contributed by atoms with Gasteiger partial charge in [0.1, 0.15) is 0 Å². The molecule has 0 bridgehead atoms. The van der Waals surface area contributed by atoms with Gasteiger partial charge >= 0.3 is 0 Å². The third kappa shape index (κ3) is 9.27. The second kappa shape index (κ2) is 14.8. The van der Waals surface area contributed by atoms with E-state index in [4.69, 9.17) is 9.98 Å². The van der Waals surface area contributed by atoms with E-state index in [1.165, 1.54) is 78.6 Å². The zero-order chi connectivity index (χ0) is 24.1. The molecule has 0 aromatic heterocycles. The Kier molecular flexibility index (Phi) is 12.1. The van der Waals surface area contributed by atoms with Gasteiger partial charge in [-0.2, -0.15) is 0 Å². The van der Waals surface area contributed by atoms with E-state index in [1.54, 1.807) is 0 Å². The minimum absolute atomic E-state index is 1.00. The fourth-order valence-corrected chi connectivity index (χ4v) is 4.11. The summed E-state index contributed by atoms with van der Waals surface area (Å²) in [5.74, 6) is 0. The lowest BCUT2D eigenvalue weighted by Crippen LogP contribution is -2.14. The Morgan fingerprint density at radius 1 is 0.576 bits per heavy atom. The van der Waals surface area contributed by atoms with Crippen LogP contribution in [-0.4, -0.2) is 11.4 Å². The first kappa shape index (κ1) is 27.0. The fraction of sp³-hybridized carbons (Fsp3) is 0.548. The largest absolute Gasteiger partial charge is 0.252 e. The molecule has 0 heterocycles. The van der Waals surface area contributed by atoms with Crippen LogP contribution in [0.1, 0.15) is 108 Å². The predicted molar refractivity (Wildman–Crippen MR) is 148 cm³/mol. The van der Waals surface area contributed by atoms with Crippen LogP contribution in [0.4, 0.5) is 11.4 Å². The van der Waals surface area contributed by atoms with E-state index < -0.39 is 0 Å². The molecular weight excluding hydrogens is 400 g/mol. The summed E-state index contributed by atoms with van der Waals surface area (Å²) in [6.45, 7) is 13.3. The van der Waals surface area contributed by atoms with Crippen molar-refractivity contribution in [2.45, 2.75) is 112 Å². The molecule has 2 aromatic carbocycles. The maximum Gasteiger partial charge on any atom is 0.0639 e. The van der Waals surface area contributed by atoms with Crippen LogP contribution < -0.4 is 0 Å². The van der Waals surface area contributed by atoms with Crippen LogP contribution in [0.15, 0.2) is 46.4 Å². The smallest absolute Gasteiger partial charge is 0.0639 e. The van der Waals surface area contributed by atoms with Crippen molar-refractivity contribution in [2.24, 2.45) is 9.98 Å². The van der Waals surface area contributed by atoms with Crippen molar-refractivity contribution >= 4 is 22.8 Å². The zero-order valence-electron chi connectivity index (χ0n) is 22.1. The molecule has 0 saturated carbocycles. The van der Waals surface area contributed by atoms with Gasteiger partial charge in [0.25, 0.3) is 0 Å². The van der Waals surface area contributed by atoms with Gasteiger partial charge in [0.05, 0.1) is 22.8 Å². The molecule has 0 unspecified atom stereocenters. The molecule has 0 aliphatic heterocycles. The highest BCUT2D eigenvalue weighted by atomic mass is 14.8. The minimum atomic E-state index is 1.00. The van der Waals surface area contributed by atoms with Gasteiger partial charge < -0.3 is 0 Å². The van der Waals surface area contributed by atoms with Crippen LogP contribution in [0.3, 0.4) is 0 Å². The zero-order valence-corrected chi connectivity index (χ0v) is 22.1. The first-order chi connectivity index (χ1) is 16.0. The van der Waals surface area contributed by atoms with Crippen molar-refractivity contribution in [3.05, 3.63) is 58.7 Å². The van der Waals surface area contributed by atoms with Crippen molar-refractivity contribution < 1.29 is 0 Å². The highest BCUT2D eigenvalue weighted by molar-refractivity contribution is 6.43. The third-order valence-corrected chi connectivity index (χ3v) is 6.49. The van der Waals surface area contributed by atoms with Crippen molar-refractivity contribution in [1.82, 2.24) is 0 Å². The monoisotopic (exact) mass is 446 g/mol. The van der Waals surface area contributed by atoms with Gasteiger partial charge in [0.15, 0.2) is 0 Å². The number of aliphatic imine (C=N–C) groups is 2. The fourth-order valence-electron chi connectivity index (χ4n) is 4.11. The van der Waals surface area contributed by atoms with Gasteiger partial charge in [0.2, 0.25) is 0 Å². The van der Waals surface area contributed by atoms with Crippen LogP contribution in [-0.2, 0) is 12.8 Å². The Hall–Kier alpha value is -2.22. The number of nitrogens with zero attached hydrogens (tertiary/aromatic N) is 2. The van der Waals surface area contributed by atoms with E-state index in [2.05, 4.69) is 77.9 Å². The summed E-state index contributed by atoms with van der Waals surface area (Å²) in [5.41, 5.74) is 9.89. The van der Waals surface area contributed by atoms with E-state index in [0.29, 0.717) is 0 Å². The molecule has 0 radical (unpaired) electrons. The normalized spacial score (nSPS) is 12.4. The van der Waals surface area contributed by atoms with Gasteiger partial charge in [0, 0.05) is 0 Å². The Labute approximate surface area is 203 Å². The molecule has 0 aliphatic rings. The number of aryl methyl sites for hydroxylation is 4. The molecule has 33 heavy (non-hydrogen) atoms. The number of benzene rings is 2. The molecule has 2 nitrogen and oxygen atoms in total. The summed E-state index contributed by atoms with van der Waals surface area (Å²) in [7, 11) is 0. The summed E-state index contributed by atoms with van der Waals surface area (Å²) in [4.78, 5) is 10.5. The molecule has 180 valence electrons. The molecule has 0 atom stereocenters. The lowest BCUT2D eigenvalue weighted by molar-refractivity contribution is 0.683. The molecule has 0 saturated heterocycles. The Morgan fingerprint density at radius 3 is 1.67 bits per heavy atom. The molecule has 0 fully saturated rings. The number of hydrogen-bond donors (Lipinski definition) is 0. The minimum Gasteiger partial charge on any atom is -0.252 e. The number of rotatable bonds is 14. The molecule has 2 heteroatoms. The Bertz CT molecular complexity index is 898. The molecule has 0 spiro atoms. The quantitative estimate of drug-likeness (QED) is 0.204. The highest BCUT2D eigenvalue weighted by Crippen LogP contribution is 2.24. The second-order valence-corrected chi connectivity index (χ2v) is 9.37. The van der Waals surface area contributed by atoms with Crippen LogP contribution >= 0.6 is 0 Å². The van der Waals surface area contributed by atoms with Crippen molar-refractivity contribution in [1.29, 1.82) is 0 Å². The van der Waals surface area contributed by atoms with Crippen LogP contribution in [0.5, 0.6) is 0 Å². The van der Waals surface area contributed by atoms with Crippen molar-refractivity contribution in [3.8, 4) is 0 Å². The van der Waals surface area contributed by atoms with E-state index in [0.717, 1.165) is 37.1 Å². The number of hydrogen-bond acceptors (Lipinski definition) is 2. The average Bonchev–Trinajstić information content (AvgIpc) is 2.82. The topological polar surface area (TPSA) is 24.7 Å². The Balaban J connectivity index is 2.50. The lowest BCUT2D eigenvalue weighted by atomic mass is 10.0. The third-order valence-electron chi connectivity index (χ3n) is 6.49. The number of unbranched alkanes of at least 4 members (excludes halogenated alkanes) is 5. The van der Waals surface area contributed by atoms with Gasteiger partial charge in [-0.25, -0.2) is 0 Å². The summed E-state index contributed by atoms with van der Waals surface area (Å²) >= 11 is 0. The van der Waals surface area contributed by atoms with E-state index in [9.17, 15) is 0 Å². The molecular formula is C31H46N2. The van der Waals surface area contributed by atoms with E-state index in [1.807, 2.05) is 0 Å². The SMILES string of the molecule is CCCCCCC(=Nc1ccc(C)c(C)c1)C(CCCCC)=Nc1cc(CC)cc(CC)c1. The van der Waals surface area contributed by atoms with Crippen molar-refractivity contribution in [2.75, 3.05) is 0 Å². The summed E-state index contributed by atoms with van der Waals surface area (Å²) in [6.07, 6.45) is 12.7. The summed E-state index contributed by atoms with van der Waals surface area (Å²) in [6, 6.07) is 13.4. The van der Waals surface area contributed by atoms with E-state index >= 15 is 0 Å². The standard InChI is InChI=1S/C31H46N2/c1-7-11-13-15-17-30(32-28-19-18-24(5)25(6)20-28)31(16-14-12-8-2)33-29-22-26(9-3)21-27(10-4)23-29/h18-23H,7-17H2,1-6H3. The predicted octanol–water partition coefficient (Wildman–Crippen LogP) is 9.82. The van der Waals surface area contributed by atoms with Crippen LogP contribution in [0.2, 0.25) is 0 Å². The molecule has 0 aliphatic carbocycles. The van der Waals surface area contributed by atoms with E-state index in [-0.39, 0.29) is 0 Å². The maximum atomic E-state index is 5.27. The second-order valence-electron chi connectivity index (χ2n) is 9.37. The van der Waals surface area contributed by atoms with Gasteiger partial charge in [-0.3, -0.25) is 9.98 Å². The lowest BCUT2D eigenvalue weighted by Gasteiger charge is -2.13. The highest BCUT2D eigenvalue weighted by Gasteiger charge is 2.12. The Morgan fingerprint density at radius 2 is 1.12 bits per heavy atom. The molecule has 2 rings (SSSR count). The van der Waals surface area contributed by atoms with Gasteiger partial charge in [-0.15, -0.1) is 0 Å². The first-order valence-corrected chi connectivity index (χ1v) is 13.4. The summed E-state index contributed by atoms with van der Waals surface area (Å²) < 4.78 is 0.